The molecule has 0 saturated carbocycles. The molecule has 0 bridgehead atoms. The summed E-state index contributed by atoms with van der Waals surface area (Å²) >= 11 is 1.22. The highest BCUT2D eigenvalue weighted by Gasteiger charge is 2.18. The van der Waals surface area contributed by atoms with Crippen molar-refractivity contribution in [2.75, 3.05) is 11.5 Å². The molecule has 0 aromatic carbocycles. The number of carbonyl (C=O) groups is 1. The topological polar surface area (TPSA) is 75.0 Å². The molecule has 4 nitrogen and oxygen atoms in total. The maximum Gasteiger partial charge on any atom is 0.187 e. The van der Waals surface area contributed by atoms with E-state index in [2.05, 4.69) is 0 Å². The lowest BCUT2D eigenvalue weighted by Gasteiger charge is -1.98. The third-order valence-corrected chi connectivity index (χ3v) is 4.11. The van der Waals surface area contributed by atoms with Gasteiger partial charge < -0.3 is 0 Å². The van der Waals surface area contributed by atoms with Crippen molar-refractivity contribution in [1.29, 1.82) is 5.26 Å². The average Bonchev–Trinajstić information content (AvgIpc) is 2.67. The number of hydrogen-bond donors (Lipinski definition) is 0. The van der Waals surface area contributed by atoms with E-state index >= 15 is 0 Å². The number of nitrogens with zero attached hydrogens (tertiary/aromatic N) is 1. The van der Waals surface area contributed by atoms with Crippen LogP contribution in [0.1, 0.15) is 16.1 Å². The molecule has 1 rings (SSSR count). The average molecular weight is 243 g/mol. The van der Waals surface area contributed by atoms with E-state index in [1.54, 1.807) is 23.6 Å². The number of hydrogen-bond acceptors (Lipinski definition) is 5. The van der Waals surface area contributed by atoms with Gasteiger partial charge in [0, 0.05) is 6.42 Å². The second-order valence-electron chi connectivity index (χ2n) is 2.90. The Labute approximate surface area is 92.1 Å². The summed E-state index contributed by atoms with van der Waals surface area (Å²) in [5, 5.41) is 9.97. The van der Waals surface area contributed by atoms with Crippen LogP contribution in [0.25, 0.3) is 0 Å². The van der Waals surface area contributed by atoms with E-state index in [1.165, 1.54) is 11.3 Å². The summed E-state index contributed by atoms with van der Waals surface area (Å²) in [5.41, 5.74) is 0. The van der Waals surface area contributed by atoms with Gasteiger partial charge in [0.05, 0.1) is 16.7 Å². The maximum absolute atomic E-state index is 11.4. The Balaban J connectivity index is 2.63. The van der Waals surface area contributed by atoms with E-state index in [9.17, 15) is 13.2 Å². The van der Waals surface area contributed by atoms with Gasteiger partial charge in [-0.05, 0) is 11.4 Å². The molecular formula is C9H9NO3S2. The number of Topliss-reactive ketones (excluding diaryl/α,β-unsaturated/α-hetero) is 1. The molecule has 15 heavy (non-hydrogen) atoms. The molecule has 6 heteroatoms. The van der Waals surface area contributed by atoms with Crippen LogP contribution in [-0.4, -0.2) is 25.7 Å². The smallest absolute Gasteiger partial charge is 0.187 e. The van der Waals surface area contributed by atoms with Crippen LogP contribution in [0.3, 0.4) is 0 Å². The highest BCUT2D eigenvalue weighted by molar-refractivity contribution is 7.92. The fraction of sp³-hybridized carbons (Fsp3) is 0.333. The third kappa shape index (κ3) is 3.81. The standard InChI is InChI=1S/C9H9NO3S2/c10-4-2-6-15(12,13)7-8(11)9-3-1-5-14-9/h1,3,5H,2,6-7H2. The molecule has 0 aliphatic carbocycles. The predicted molar refractivity (Wildman–Crippen MR) is 57.5 cm³/mol. The highest BCUT2D eigenvalue weighted by atomic mass is 32.2. The summed E-state index contributed by atoms with van der Waals surface area (Å²) in [7, 11) is -3.43. The number of rotatable bonds is 5. The molecule has 1 aromatic rings. The molecule has 0 amide bonds. The highest BCUT2D eigenvalue weighted by Crippen LogP contribution is 2.10. The molecule has 0 unspecified atom stereocenters. The monoisotopic (exact) mass is 243 g/mol. The van der Waals surface area contributed by atoms with Gasteiger partial charge in [-0.1, -0.05) is 6.07 Å². The van der Waals surface area contributed by atoms with Gasteiger partial charge in [0.1, 0.15) is 5.75 Å². The second kappa shape index (κ2) is 5.05. The summed E-state index contributed by atoms with van der Waals surface area (Å²) < 4.78 is 22.7. The quantitative estimate of drug-likeness (QED) is 0.729. The van der Waals surface area contributed by atoms with E-state index < -0.39 is 21.4 Å². The lowest BCUT2D eigenvalue weighted by molar-refractivity contribution is 0.102. The van der Waals surface area contributed by atoms with Gasteiger partial charge in [-0.25, -0.2) is 8.42 Å². The van der Waals surface area contributed by atoms with E-state index in [0.717, 1.165) is 0 Å². The number of sulfone groups is 1. The Bertz CT molecular complexity index is 468. The van der Waals surface area contributed by atoms with E-state index in [1.807, 2.05) is 0 Å². The summed E-state index contributed by atoms with van der Waals surface area (Å²) in [6.07, 6.45) is -0.0694. The summed E-state index contributed by atoms with van der Waals surface area (Å²) in [4.78, 5) is 11.9. The zero-order valence-electron chi connectivity index (χ0n) is 7.84. The van der Waals surface area contributed by atoms with Crippen molar-refractivity contribution in [3.05, 3.63) is 22.4 Å². The molecule has 0 saturated heterocycles. The Morgan fingerprint density at radius 3 is 2.80 bits per heavy atom. The fourth-order valence-corrected chi connectivity index (χ4v) is 2.84. The van der Waals surface area contributed by atoms with Crippen molar-refractivity contribution in [3.63, 3.8) is 0 Å². The first kappa shape index (κ1) is 11.9. The Morgan fingerprint density at radius 2 is 2.27 bits per heavy atom. The van der Waals surface area contributed by atoms with E-state index in [-0.39, 0.29) is 12.2 Å². The van der Waals surface area contributed by atoms with E-state index in [0.29, 0.717) is 4.88 Å². The molecule has 80 valence electrons. The summed E-state index contributed by atoms with van der Waals surface area (Å²) in [5.74, 6) is -1.15. The van der Waals surface area contributed by atoms with Crippen molar-refractivity contribution in [3.8, 4) is 6.07 Å². The Kier molecular flexibility index (Phi) is 4.00. The zero-order chi connectivity index (χ0) is 11.3. The molecule has 0 atom stereocenters. The van der Waals surface area contributed by atoms with Crippen LogP contribution in [-0.2, 0) is 9.84 Å². The van der Waals surface area contributed by atoms with Crippen LogP contribution in [0.4, 0.5) is 0 Å². The summed E-state index contributed by atoms with van der Waals surface area (Å²) in [6, 6.07) is 5.03. The predicted octanol–water partition coefficient (Wildman–Crippen LogP) is 1.26. The molecule has 0 radical (unpaired) electrons. The van der Waals surface area contributed by atoms with Crippen molar-refractivity contribution >= 4 is 27.0 Å². The minimum Gasteiger partial charge on any atom is -0.292 e. The molecule has 0 aliphatic heterocycles. The van der Waals surface area contributed by atoms with Crippen molar-refractivity contribution in [1.82, 2.24) is 0 Å². The molecule has 1 aromatic heterocycles. The van der Waals surface area contributed by atoms with Gasteiger partial charge in [-0.3, -0.25) is 4.79 Å². The normalized spacial score (nSPS) is 10.9. The van der Waals surface area contributed by atoms with Crippen LogP contribution >= 0.6 is 11.3 Å². The van der Waals surface area contributed by atoms with Crippen LogP contribution in [0, 0.1) is 11.3 Å². The second-order valence-corrected chi connectivity index (χ2v) is 6.03. The Hall–Kier alpha value is -1.19. The molecule has 0 spiro atoms. The van der Waals surface area contributed by atoms with Crippen molar-refractivity contribution in [2.45, 2.75) is 6.42 Å². The Morgan fingerprint density at radius 1 is 1.53 bits per heavy atom. The SMILES string of the molecule is N#CCCS(=O)(=O)CC(=O)c1cccs1. The van der Waals surface area contributed by atoms with Gasteiger partial charge in [0.15, 0.2) is 15.6 Å². The minimum atomic E-state index is -3.43. The maximum atomic E-state index is 11.4. The molecule has 1 heterocycles. The molecular weight excluding hydrogens is 234 g/mol. The number of nitriles is 1. The van der Waals surface area contributed by atoms with Crippen LogP contribution in [0.2, 0.25) is 0 Å². The zero-order valence-corrected chi connectivity index (χ0v) is 9.47. The van der Waals surface area contributed by atoms with Crippen molar-refractivity contribution in [2.24, 2.45) is 0 Å². The first-order valence-electron chi connectivity index (χ1n) is 4.19. The largest absolute Gasteiger partial charge is 0.292 e. The number of thiophene rings is 1. The van der Waals surface area contributed by atoms with Crippen molar-refractivity contribution < 1.29 is 13.2 Å². The fourth-order valence-electron chi connectivity index (χ4n) is 0.981. The molecule has 0 aliphatic rings. The van der Waals surface area contributed by atoms with Crippen LogP contribution < -0.4 is 0 Å². The minimum absolute atomic E-state index is 0.0694. The van der Waals surface area contributed by atoms with Crippen LogP contribution in [0.15, 0.2) is 17.5 Å². The first-order valence-corrected chi connectivity index (χ1v) is 6.89. The number of ketones is 1. The van der Waals surface area contributed by atoms with Gasteiger partial charge in [-0.15, -0.1) is 11.3 Å². The first-order chi connectivity index (χ1) is 7.05. The lowest BCUT2D eigenvalue weighted by atomic mass is 10.4. The lowest BCUT2D eigenvalue weighted by Crippen LogP contribution is -2.18. The van der Waals surface area contributed by atoms with Gasteiger partial charge >= 0.3 is 0 Å². The van der Waals surface area contributed by atoms with Gasteiger partial charge in [-0.2, -0.15) is 5.26 Å². The number of carbonyl (C=O) groups excluding carboxylic acids is 1. The van der Waals surface area contributed by atoms with E-state index in [4.69, 9.17) is 5.26 Å². The van der Waals surface area contributed by atoms with Gasteiger partial charge in [0.25, 0.3) is 0 Å². The van der Waals surface area contributed by atoms with Gasteiger partial charge in [0.2, 0.25) is 0 Å². The third-order valence-electron chi connectivity index (χ3n) is 1.67. The summed E-state index contributed by atoms with van der Waals surface area (Å²) in [6.45, 7) is 0. The molecule has 0 N–H and O–H groups in total. The molecule has 0 fully saturated rings. The van der Waals surface area contributed by atoms with Crippen LogP contribution in [0.5, 0.6) is 0 Å².